The molecule has 0 saturated carbocycles. The lowest BCUT2D eigenvalue weighted by Gasteiger charge is -2.22. The Morgan fingerprint density at radius 2 is 1.83 bits per heavy atom. The molecular weight excluding hydrogens is 388 g/mol. The van der Waals surface area contributed by atoms with Crippen molar-refractivity contribution in [3.05, 3.63) is 70.2 Å². The van der Waals surface area contributed by atoms with E-state index in [9.17, 15) is 14.7 Å². The molecule has 3 aromatic rings. The first-order chi connectivity index (χ1) is 13.9. The fourth-order valence-corrected chi connectivity index (χ4v) is 3.69. The zero-order chi connectivity index (χ0) is 21.0. The van der Waals surface area contributed by atoms with Crippen LogP contribution in [0.2, 0.25) is 0 Å². The van der Waals surface area contributed by atoms with E-state index in [0.29, 0.717) is 10.8 Å². The highest BCUT2D eigenvalue weighted by Crippen LogP contribution is 2.33. The number of aryl methyl sites for hydroxylation is 2. The molecule has 0 radical (unpaired) electrons. The quantitative estimate of drug-likeness (QED) is 0.494. The van der Waals surface area contributed by atoms with Crippen LogP contribution in [0.4, 0.5) is 10.8 Å². The smallest absolute Gasteiger partial charge is 0.275 e. The van der Waals surface area contributed by atoms with Crippen molar-refractivity contribution in [2.75, 3.05) is 4.90 Å². The van der Waals surface area contributed by atoms with Gasteiger partial charge in [-0.25, -0.2) is 10.4 Å². The van der Waals surface area contributed by atoms with Crippen LogP contribution in [0.3, 0.4) is 0 Å². The summed E-state index contributed by atoms with van der Waals surface area (Å²) in [6, 6.07) is 12.0. The van der Waals surface area contributed by atoms with E-state index in [1.165, 1.54) is 36.6 Å². The summed E-state index contributed by atoms with van der Waals surface area (Å²) in [5.41, 5.74) is 5.74. The fraction of sp³-hybridized carbons (Fsp3) is 0.143. The topological polar surface area (TPSA) is 94.9 Å². The number of anilines is 2. The van der Waals surface area contributed by atoms with Gasteiger partial charge in [-0.3, -0.25) is 14.5 Å². The van der Waals surface area contributed by atoms with Crippen molar-refractivity contribution in [3.63, 3.8) is 0 Å². The molecule has 0 unspecified atom stereocenters. The molecule has 0 saturated heterocycles. The number of phenols is 1. The van der Waals surface area contributed by atoms with Crippen molar-refractivity contribution < 1.29 is 14.7 Å². The van der Waals surface area contributed by atoms with Crippen molar-refractivity contribution in [2.45, 2.75) is 20.8 Å². The van der Waals surface area contributed by atoms with Crippen LogP contribution in [0.15, 0.2) is 52.9 Å². The minimum absolute atomic E-state index is 0.123. The SMILES string of the molecule is CC(=O)N(c1nc(/C=N\NC(=O)c2ccccc2O)cs1)c1c(C)cccc1C. The maximum absolute atomic E-state index is 12.3. The number of benzene rings is 2. The van der Waals surface area contributed by atoms with E-state index in [-0.39, 0.29) is 17.2 Å². The monoisotopic (exact) mass is 408 g/mol. The van der Waals surface area contributed by atoms with Gasteiger partial charge in [-0.15, -0.1) is 11.3 Å². The number of phenolic OH excluding ortho intramolecular Hbond substituents is 1. The Kier molecular flexibility index (Phi) is 6.04. The molecule has 7 nitrogen and oxygen atoms in total. The maximum atomic E-state index is 12.3. The van der Waals surface area contributed by atoms with Crippen molar-refractivity contribution in [1.82, 2.24) is 10.4 Å². The maximum Gasteiger partial charge on any atom is 0.275 e. The predicted octanol–water partition coefficient (Wildman–Crippen LogP) is 3.91. The van der Waals surface area contributed by atoms with Gasteiger partial charge in [0.1, 0.15) is 5.75 Å². The van der Waals surface area contributed by atoms with Crippen LogP contribution in [0, 0.1) is 13.8 Å². The van der Waals surface area contributed by atoms with Gasteiger partial charge in [0.15, 0.2) is 5.13 Å². The van der Waals surface area contributed by atoms with Crippen LogP contribution in [0.25, 0.3) is 0 Å². The van der Waals surface area contributed by atoms with Crippen LogP contribution in [-0.4, -0.2) is 28.1 Å². The molecule has 1 aromatic heterocycles. The fourth-order valence-electron chi connectivity index (χ4n) is 2.87. The first-order valence-electron chi connectivity index (χ1n) is 8.82. The summed E-state index contributed by atoms with van der Waals surface area (Å²) in [6.07, 6.45) is 1.39. The van der Waals surface area contributed by atoms with Gasteiger partial charge in [-0.05, 0) is 37.1 Å². The van der Waals surface area contributed by atoms with Crippen LogP contribution in [-0.2, 0) is 4.79 Å². The molecule has 3 rings (SSSR count). The Morgan fingerprint density at radius 3 is 2.48 bits per heavy atom. The summed E-state index contributed by atoms with van der Waals surface area (Å²) in [6.45, 7) is 5.39. The first-order valence-corrected chi connectivity index (χ1v) is 9.70. The molecule has 0 aliphatic carbocycles. The van der Waals surface area contributed by atoms with E-state index >= 15 is 0 Å². The highest BCUT2D eigenvalue weighted by Gasteiger charge is 2.21. The number of aromatic nitrogens is 1. The third-order valence-electron chi connectivity index (χ3n) is 4.19. The molecule has 29 heavy (non-hydrogen) atoms. The number of hydrogen-bond donors (Lipinski definition) is 2. The zero-order valence-corrected chi connectivity index (χ0v) is 17.0. The minimum atomic E-state index is -0.532. The summed E-state index contributed by atoms with van der Waals surface area (Å²) in [5, 5.41) is 15.9. The minimum Gasteiger partial charge on any atom is -0.507 e. The lowest BCUT2D eigenvalue weighted by Crippen LogP contribution is -2.24. The molecule has 148 valence electrons. The molecule has 0 aliphatic heterocycles. The number of rotatable bonds is 5. The number of carbonyl (C=O) groups is 2. The number of carbonyl (C=O) groups excluding carboxylic acids is 2. The molecule has 0 atom stereocenters. The average molecular weight is 408 g/mol. The van der Waals surface area contributed by atoms with Crippen LogP contribution >= 0.6 is 11.3 Å². The van der Waals surface area contributed by atoms with Crippen molar-refractivity contribution >= 4 is 40.2 Å². The third kappa shape index (κ3) is 4.49. The van der Waals surface area contributed by atoms with E-state index in [0.717, 1.165) is 16.8 Å². The van der Waals surface area contributed by atoms with Gasteiger partial charge in [0.05, 0.1) is 23.2 Å². The van der Waals surface area contributed by atoms with Gasteiger partial charge in [0.25, 0.3) is 5.91 Å². The highest BCUT2D eigenvalue weighted by atomic mass is 32.1. The Hall–Kier alpha value is -3.52. The Labute approximate surface area is 172 Å². The van der Waals surface area contributed by atoms with Crippen LogP contribution in [0.1, 0.15) is 34.1 Å². The molecule has 0 spiro atoms. The number of thiazole rings is 1. The summed E-state index contributed by atoms with van der Waals surface area (Å²) in [4.78, 5) is 30.4. The standard InChI is InChI=1S/C21H20N4O3S/c1-13-7-6-8-14(2)19(13)25(15(3)26)21-23-16(12-29-21)11-22-24-20(28)17-9-4-5-10-18(17)27/h4-12,27H,1-3H3,(H,24,28)/b22-11-. The zero-order valence-electron chi connectivity index (χ0n) is 16.2. The van der Waals surface area contributed by atoms with Gasteiger partial charge in [-0.1, -0.05) is 30.3 Å². The number of nitrogens with zero attached hydrogens (tertiary/aromatic N) is 3. The number of aromatic hydroxyl groups is 1. The summed E-state index contributed by atoms with van der Waals surface area (Å²) >= 11 is 1.31. The Morgan fingerprint density at radius 1 is 1.14 bits per heavy atom. The molecular formula is C21H20N4O3S. The lowest BCUT2D eigenvalue weighted by molar-refractivity contribution is -0.115. The number of amides is 2. The lowest BCUT2D eigenvalue weighted by atomic mass is 10.1. The van der Waals surface area contributed by atoms with Crippen molar-refractivity contribution in [1.29, 1.82) is 0 Å². The molecule has 1 heterocycles. The number of para-hydroxylation sites is 2. The van der Waals surface area contributed by atoms with E-state index in [1.807, 2.05) is 32.0 Å². The van der Waals surface area contributed by atoms with E-state index in [2.05, 4.69) is 15.5 Å². The number of hydrazone groups is 1. The molecule has 2 amide bonds. The highest BCUT2D eigenvalue weighted by molar-refractivity contribution is 7.14. The molecule has 8 heteroatoms. The molecule has 2 aromatic carbocycles. The second-order valence-electron chi connectivity index (χ2n) is 6.37. The van der Waals surface area contributed by atoms with Crippen LogP contribution in [0.5, 0.6) is 5.75 Å². The predicted molar refractivity (Wildman–Crippen MR) is 114 cm³/mol. The number of nitrogens with one attached hydrogen (secondary N) is 1. The molecule has 0 fully saturated rings. The number of hydrogen-bond acceptors (Lipinski definition) is 6. The Balaban J connectivity index is 1.79. The van der Waals surface area contributed by atoms with E-state index in [1.54, 1.807) is 22.4 Å². The van der Waals surface area contributed by atoms with Crippen LogP contribution < -0.4 is 10.3 Å². The van der Waals surface area contributed by atoms with E-state index in [4.69, 9.17) is 0 Å². The first kappa shape index (κ1) is 20.2. The third-order valence-corrected chi connectivity index (χ3v) is 5.03. The van der Waals surface area contributed by atoms with Crippen molar-refractivity contribution in [3.8, 4) is 5.75 Å². The summed E-state index contributed by atoms with van der Waals surface area (Å²) in [5.74, 6) is -0.800. The van der Waals surface area contributed by atoms with Gasteiger partial charge in [-0.2, -0.15) is 5.10 Å². The molecule has 0 bridgehead atoms. The van der Waals surface area contributed by atoms with Gasteiger partial charge < -0.3 is 5.11 Å². The van der Waals surface area contributed by atoms with Gasteiger partial charge in [0.2, 0.25) is 5.91 Å². The average Bonchev–Trinajstić information content (AvgIpc) is 3.13. The summed E-state index contributed by atoms with van der Waals surface area (Å²) < 4.78 is 0. The van der Waals surface area contributed by atoms with Gasteiger partial charge >= 0.3 is 0 Å². The molecule has 0 aliphatic rings. The second kappa shape index (κ2) is 8.66. The second-order valence-corrected chi connectivity index (χ2v) is 7.20. The van der Waals surface area contributed by atoms with Gasteiger partial charge in [0, 0.05) is 12.3 Å². The Bertz CT molecular complexity index is 1070. The summed E-state index contributed by atoms with van der Waals surface area (Å²) in [7, 11) is 0. The van der Waals surface area contributed by atoms with Crippen molar-refractivity contribution in [2.24, 2.45) is 5.10 Å². The largest absolute Gasteiger partial charge is 0.507 e. The van der Waals surface area contributed by atoms with E-state index < -0.39 is 5.91 Å². The molecule has 2 N–H and O–H groups in total. The normalized spacial score (nSPS) is 10.9.